The van der Waals surface area contributed by atoms with Gasteiger partial charge in [-0.05, 0) is 78.3 Å². The van der Waals surface area contributed by atoms with Crippen LogP contribution in [0.5, 0.6) is 23.0 Å². The van der Waals surface area contributed by atoms with Crippen LogP contribution in [0.15, 0.2) is 48.3 Å². The predicted molar refractivity (Wildman–Crippen MR) is 169 cm³/mol. The second kappa shape index (κ2) is 13.1. The minimum atomic E-state index is -0.653. The molecule has 9 heteroatoms. The number of ether oxygens (including phenoxy) is 2. The van der Waals surface area contributed by atoms with E-state index in [0.717, 1.165) is 47.9 Å². The smallest absolute Gasteiger partial charge is 0.201 e. The fraction of sp³-hybridized carbons (Fsp3) is 0.500. The molecule has 6 rings (SSSR count). The molecular weight excluding hydrogens is 574 g/mol. The van der Waals surface area contributed by atoms with Crippen molar-refractivity contribution in [1.82, 2.24) is 4.98 Å². The first kappa shape index (κ1) is 31.5. The Kier molecular flexibility index (Phi) is 9.15. The van der Waals surface area contributed by atoms with Crippen LogP contribution in [0.1, 0.15) is 96.8 Å². The van der Waals surface area contributed by atoms with E-state index < -0.39 is 30.3 Å². The Morgan fingerprint density at radius 2 is 1.80 bits per heavy atom. The van der Waals surface area contributed by atoms with Gasteiger partial charge in [-0.25, -0.2) is 0 Å². The van der Waals surface area contributed by atoms with Crippen LogP contribution < -0.4 is 4.74 Å². The van der Waals surface area contributed by atoms with E-state index in [1.807, 2.05) is 18.3 Å². The SMILES string of the molecule is COc1c(O)c(O)c(CO)c(C2CC(O)C3CCC(c4ccc(O)c(C5CC(C)CC=C5CO)c4)CC3O2)c1Cc1cc[nH]c1. The monoisotopic (exact) mass is 619 g/mol. The average molecular weight is 620 g/mol. The number of aromatic amines is 1. The molecule has 0 amide bonds. The quantitative estimate of drug-likeness (QED) is 0.130. The second-order valence-electron chi connectivity index (χ2n) is 13.2. The van der Waals surface area contributed by atoms with E-state index in [0.29, 0.717) is 29.9 Å². The van der Waals surface area contributed by atoms with Gasteiger partial charge in [-0.15, -0.1) is 0 Å². The molecule has 242 valence electrons. The van der Waals surface area contributed by atoms with Crippen molar-refractivity contribution in [3.05, 3.63) is 81.7 Å². The summed E-state index contributed by atoms with van der Waals surface area (Å²) < 4.78 is 12.4. The minimum absolute atomic E-state index is 0.0269. The van der Waals surface area contributed by atoms with Crippen molar-refractivity contribution in [2.24, 2.45) is 11.8 Å². The van der Waals surface area contributed by atoms with Crippen molar-refractivity contribution in [2.45, 2.75) is 88.6 Å². The molecule has 9 nitrogen and oxygen atoms in total. The number of nitrogens with one attached hydrogen (secondary N) is 1. The van der Waals surface area contributed by atoms with E-state index in [4.69, 9.17) is 9.47 Å². The third kappa shape index (κ3) is 5.94. The number of phenolic OH excluding ortho intramolecular Hbond substituents is 2. The summed E-state index contributed by atoms with van der Waals surface area (Å²) in [6.07, 6.45) is 8.90. The molecule has 0 spiro atoms. The Labute approximate surface area is 263 Å². The van der Waals surface area contributed by atoms with Crippen LogP contribution >= 0.6 is 0 Å². The van der Waals surface area contributed by atoms with Crippen molar-refractivity contribution in [3.8, 4) is 23.0 Å². The zero-order valence-corrected chi connectivity index (χ0v) is 25.9. The van der Waals surface area contributed by atoms with Gasteiger partial charge in [0.15, 0.2) is 11.5 Å². The Morgan fingerprint density at radius 1 is 0.978 bits per heavy atom. The number of phenols is 3. The van der Waals surface area contributed by atoms with Crippen molar-refractivity contribution in [2.75, 3.05) is 13.7 Å². The van der Waals surface area contributed by atoms with Crippen molar-refractivity contribution >= 4 is 0 Å². The molecule has 1 aromatic heterocycles. The standard InChI is InChI=1S/C36H45NO8/c1-19-3-4-23(17-38)25(11-19)26-13-21(6-8-29(26)40)22-5-7-24-30(41)15-32(45-31(24)14-22)33-27(12-20-9-10-37-16-20)36(44-2)35(43)34(42)28(33)18-39/h4,6,8-10,13,16,19,22,24-25,30-32,37-43H,3,5,7,11-12,14-15,17-18H2,1-2H3. The average Bonchev–Trinajstić information content (AvgIpc) is 3.56. The number of fused-ring (bicyclic) bond motifs is 1. The normalized spacial score (nSPS) is 28.4. The highest BCUT2D eigenvalue weighted by Gasteiger charge is 2.44. The maximum absolute atomic E-state index is 11.4. The highest BCUT2D eigenvalue weighted by atomic mass is 16.5. The number of benzene rings is 2. The number of aliphatic hydroxyl groups is 3. The van der Waals surface area contributed by atoms with Crippen molar-refractivity contribution in [1.29, 1.82) is 0 Å². The van der Waals surface area contributed by atoms with Crippen LogP contribution in [-0.4, -0.2) is 61.5 Å². The highest BCUT2D eigenvalue weighted by Crippen LogP contribution is 2.52. The summed E-state index contributed by atoms with van der Waals surface area (Å²) in [7, 11) is 1.43. The molecule has 1 saturated carbocycles. The van der Waals surface area contributed by atoms with Gasteiger partial charge in [0, 0.05) is 53.8 Å². The molecule has 1 aliphatic heterocycles. The van der Waals surface area contributed by atoms with Crippen LogP contribution in [0, 0.1) is 11.8 Å². The molecule has 0 radical (unpaired) electrons. The van der Waals surface area contributed by atoms with E-state index >= 15 is 0 Å². The van der Waals surface area contributed by atoms with Gasteiger partial charge in [0.2, 0.25) is 5.75 Å². The van der Waals surface area contributed by atoms with Gasteiger partial charge >= 0.3 is 0 Å². The first-order valence-electron chi connectivity index (χ1n) is 16.1. The second-order valence-corrected chi connectivity index (χ2v) is 13.2. The van der Waals surface area contributed by atoms with Crippen LogP contribution in [0.4, 0.5) is 0 Å². The van der Waals surface area contributed by atoms with Gasteiger partial charge in [0.05, 0.1) is 38.6 Å². The topological polar surface area (TPSA) is 156 Å². The lowest BCUT2D eigenvalue weighted by Gasteiger charge is -2.45. The summed E-state index contributed by atoms with van der Waals surface area (Å²) in [5.41, 5.74) is 5.12. The number of allylic oxidation sites excluding steroid dienone is 1. The van der Waals surface area contributed by atoms with E-state index in [2.05, 4.69) is 24.1 Å². The molecule has 45 heavy (non-hydrogen) atoms. The Morgan fingerprint density at radius 3 is 2.51 bits per heavy atom. The first-order valence-corrected chi connectivity index (χ1v) is 16.1. The number of aliphatic hydroxyl groups excluding tert-OH is 3. The molecule has 7 atom stereocenters. The summed E-state index contributed by atoms with van der Waals surface area (Å²) in [5, 5.41) is 64.5. The van der Waals surface area contributed by atoms with E-state index in [1.54, 1.807) is 12.3 Å². The van der Waals surface area contributed by atoms with E-state index in [-0.39, 0.29) is 53.9 Å². The van der Waals surface area contributed by atoms with Gasteiger partial charge in [-0.2, -0.15) is 0 Å². The Hall–Kier alpha value is -3.50. The number of rotatable bonds is 8. The molecule has 2 heterocycles. The van der Waals surface area contributed by atoms with Crippen LogP contribution in [-0.2, 0) is 17.8 Å². The summed E-state index contributed by atoms with van der Waals surface area (Å²) in [4.78, 5) is 3.04. The fourth-order valence-corrected chi connectivity index (χ4v) is 8.09. The maximum Gasteiger partial charge on any atom is 0.201 e. The molecule has 3 aromatic rings. The fourth-order valence-electron chi connectivity index (χ4n) is 8.09. The number of H-pyrrole nitrogens is 1. The Balaban J connectivity index is 1.32. The number of aromatic nitrogens is 1. The van der Waals surface area contributed by atoms with Gasteiger partial charge in [-0.3, -0.25) is 0 Å². The maximum atomic E-state index is 11.4. The van der Waals surface area contributed by atoms with Crippen molar-refractivity contribution in [3.63, 3.8) is 0 Å². The summed E-state index contributed by atoms with van der Waals surface area (Å²) in [5.74, 6) is -0.0164. The molecule has 0 bridgehead atoms. The number of aromatic hydroxyl groups is 3. The van der Waals surface area contributed by atoms with Gasteiger partial charge < -0.3 is 45.1 Å². The molecule has 3 aliphatic rings. The number of hydrogen-bond donors (Lipinski definition) is 7. The third-order valence-corrected chi connectivity index (χ3v) is 10.5. The lowest BCUT2D eigenvalue weighted by Crippen LogP contribution is -2.44. The molecule has 7 unspecified atom stereocenters. The predicted octanol–water partition coefficient (Wildman–Crippen LogP) is 5.43. The molecule has 2 aliphatic carbocycles. The lowest BCUT2D eigenvalue weighted by atomic mass is 9.71. The number of hydrogen-bond acceptors (Lipinski definition) is 8. The molecule has 2 fully saturated rings. The van der Waals surface area contributed by atoms with Crippen LogP contribution in [0.25, 0.3) is 0 Å². The van der Waals surface area contributed by atoms with Gasteiger partial charge in [-0.1, -0.05) is 25.1 Å². The molecule has 7 N–H and O–H groups in total. The summed E-state index contributed by atoms with van der Waals surface area (Å²) >= 11 is 0. The van der Waals surface area contributed by atoms with E-state index in [1.165, 1.54) is 7.11 Å². The highest BCUT2D eigenvalue weighted by molar-refractivity contribution is 5.64. The minimum Gasteiger partial charge on any atom is -0.508 e. The van der Waals surface area contributed by atoms with Crippen molar-refractivity contribution < 1.29 is 40.1 Å². The van der Waals surface area contributed by atoms with Crippen LogP contribution in [0.3, 0.4) is 0 Å². The van der Waals surface area contributed by atoms with Crippen LogP contribution in [0.2, 0.25) is 0 Å². The molecule has 1 saturated heterocycles. The summed E-state index contributed by atoms with van der Waals surface area (Å²) in [6, 6.07) is 7.72. The van der Waals surface area contributed by atoms with Gasteiger partial charge in [0.25, 0.3) is 0 Å². The van der Waals surface area contributed by atoms with Gasteiger partial charge in [0.1, 0.15) is 5.75 Å². The zero-order chi connectivity index (χ0) is 31.8. The third-order valence-electron chi connectivity index (χ3n) is 10.5. The molecular formula is C36H45NO8. The first-order chi connectivity index (χ1) is 21.7. The summed E-state index contributed by atoms with van der Waals surface area (Å²) in [6.45, 7) is 1.64. The lowest BCUT2D eigenvalue weighted by molar-refractivity contribution is -0.154. The number of methoxy groups -OCH3 is 1. The largest absolute Gasteiger partial charge is 0.508 e. The molecule has 2 aromatic carbocycles. The zero-order valence-electron chi connectivity index (χ0n) is 25.9. The Bertz CT molecular complexity index is 1530. The van der Waals surface area contributed by atoms with E-state index in [9.17, 15) is 30.6 Å².